The van der Waals surface area contributed by atoms with E-state index < -0.39 is 10.0 Å². The lowest BCUT2D eigenvalue weighted by Crippen LogP contribution is -2.34. The van der Waals surface area contributed by atoms with Crippen molar-refractivity contribution in [3.8, 4) is 0 Å². The molecule has 0 spiro atoms. The number of aryl methyl sites for hydroxylation is 1. The van der Waals surface area contributed by atoms with E-state index in [1.54, 1.807) is 16.4 Å². The van der Waals surface area contributed by atoms with Gasteiger partial charge in [-0.15, -0.1) is 12.4 Å². The van der Waals surface area contributed by atoms with E-state index in [1.807, 2.05) is 19.1 Å². The van der Waals surface area contributed by atoms with Gasteiger partial charge in [-0.1, -0.05) is 19.1 Å². The smallest absolute Gasteiger partial charge is 0.243 e. The molecule has 1 aliphatic heterocycles. The molecule has 1 saturated heterocycles. The third-order valence-corrected chi connectivity index (χ3v) is 5.14. The van der Waals surface area contributed by atoms with Crippen molar-refractivity contribution in [3.05, 3.63) is 29.8 Å². The van der Waals surface area contributed by atoms with E-state index >= 15 is 0 Å². The Balaban J connectivity index is 0.00000180. The molecule has 0 amide bonds. The first-order valence-corrected chi connectivity index (χ1v) is 7.88. The van der Waals surface area contributed by atoms with Gasteiger partial charge in [0.25, 0.3) is 0 Å². The second-order valence-corrected chi connectivity index (χ2v) is 6.45. The molecule has 1 aromatic carbocycles. The van der Waals surface area contributed by atoms with Gasteiger partial charge in [-0.05, 0) is 37.1 Å². The molecule has 0 bridgehead atoms. The van der Waals surface area contributed by atoms with Crippen LogP contribution in [0.15, 0.2) is 29.2 Å². The number of nitrogens with one attached hydrogen (secondary N) is 1. The molecule has 1 aromatic rings. The zero-order valence-electron chi connectivity index (χ0n) is 11.1. The maximum Gasteiger partial charge on any atom is 0.243 e. The Kier molecular flexibility index (Phi) is 6.26. The molecule has 1 aliphatic rings. The number of nitrogens with zero attached hydrogens (tertiary/aromatic N) is 1. The van der Waals surface area contributed by atoms with Crippen molar-refractivity contribution in [2.45, 2.75) is 24.7 Å². The van der Waals surface area contributed by atoms with Crippen molar-refractivity contribution in [1.29, 1.82) is 0 Å². The Morgan fingerprint density at radius 2 is 2.05 bits per heavy atom. The number of benzene rings is 1. The summed E-state index contributed by atoms with van der Waals surface area (Å²) in [6.07, 6.45) is 1.72. The van der Waals surface area contributed by atoms with Crippen molar-refractivity contribution in [3.63, 3.8) is 0 Å². The van der Waals surface area contributed by atoms with Gasteiger partial charge in [0.1, 0.15) is 0 Å². The first-order chi connectivity index (χ1) is 8.64. The number of hydrogen-bond acceptors (Lipinski definition) is 3. The summed E-state index contributed by atoms with van der Waals surface area (Å²) in [7, 11) is -3.32. The fraction of sp³-hybridized carbons (Fsp3) is 0.538. The SMILES string of the molecule is CCc1cccc(S(=O)(=O)N2CCCNCC2)c1.Cl. The molecule has 0 saturated carbocycles. The summed E-state index contributed by atoms with van der Waals surface area (Å²) in [6.45, 7) is 4.81. The quantitative estimate of drug-likeness (QED) is 0.924. The molecule has 0 unspecified atom stereocenters. The molecular formula is C13H21ClN2O2S. The van der Waals surface area contributed by atoms with Gasteiger partial charge in [-0.25, -0.2) is 8.42 Å². The third kappa shape index (κ3) is 3.92. The number of sulfonamides is 1. The molecular weight excluding hydrogens is 284 g/mol. The minimum Gasteiger partial charge on any atom is -0.315 e. The van der Waals surface area contributed by atoms with E-state index in [4.69, 9.17) is 0 Å². The largest absolute Gasteiger partial charge is 0.315 e. The standard InChI is InChI=1S/C13H20N2O2S.ClH/c1-2-12-5-3-6-13(11-12)18(16,17)15-9-4-7-14-8-10-15;/h3,5-6,11,14H,2,4,7-10H2,1H3;1H. The number of halogens is 1. The Morgan fingerprint density at radius 3 is 2.79 bits per heavy atom. The maximum atomic E-state index is 12.5. The highest BCUT2D eigenvalue weighted by Crippen LogP contribution is 2.18. The first-order valence-electron chi connectivity index (χ1n) is 6.44. The predicted molar refractivity (Wildman–Crippen MR) is 79.3 cm³/mol. The average molecular weight is 305 g/mol. The molecule has 1 N–H and O–H groups in total. The molecule has 1 heterocycles. The van der Waals surface area contributed by atoms with E-state index in [1.165, 1.54) is 0 Å². The molecule has 19 heavy (non-hydrogen) atoms. The topological polar surface area (TPSA) is 49.4 Å². The van der Waals surface area contributed by atoms with Crippen LogP contribution >= 0.6 is 12.4 Å². The van der Waals surface area contributed by atoms with Crippen molar-refractivity contribution in [1.82, 2.24) is 9.62 Å². The number of rotatable bonds is 3. The Labute approximate surface area is 121 Å². The summed E-state index contributed by atoms with van der Waals surface area (Å²) in [5, 5.41) is 3.22. The van der Waals surface area contributed by atoms with Crippen molar-refractivity contribution < 1.29 is 8.42 Å². The minimum absolute atomic E-state index is 0. The van der Waals surface area contributed by atoms with Gasteiger partial charge in [0.05, 0.1) is 4.90 Å². The molecule has 0 atom stereocenters. The zero-order chi connectivity index (χ0) is 13.0. The highest BCUT2D eigenvalue weighted by Gasteiger charge is 2.24. The highest BCUT2D eigenvalue weighted by atomic mass is 35.5. The van der Waals surface area contributed by atoms with Gasteiger partial charge in [0, 0.05) is 19.6 Å². The average Bonchev–Trinajstić information content (AvgIpc) is 2.68. The van der Waals surface area contributed by atoms with Crippen molar-refractivity contribution >= 4 is 22.4 Å². The van der Waals surface area contributed by atoms with E-state index in [-0.39, 0.29) is 12.4 Å². The third-order valence-electron chi connectivity index (χ3n) is 3.24. The monoisotopic (exact) mass is 304 g/mol. The van der Waals surface area contributed by atoms with Crippen LogP contribution in [0.25, 0.3) is 0 Å². The molecule has 4 nitrogen and oxygen atoms in total. The van der Waals surface area contributed by atoms with Crippen LogP contribution in [0, 0.1) is 0 Å². The Hall–Kier alpha value is -0.620. The molecule has 6 heteroatoms. The van der Waals surface area contributed by atoms with E-state index in [0.717, 1.165) is 31.5 Å². The van der Waals surface area contributed by atoms with E-state index in [9.17, 15) is 8.42 Å². The fourth-order valence-electron chi connectivity index (χ4n) is 2.14. The van der Waals surface area contributed by atoms with Crippen molar-refractivity contribution in [2.75, 3.05) is 26.2 Å². The molecule has 0 aliphatic carbocycles. The van der Waals surface area contributed by atoms with Crippen LogP contribution in [0.1, 0.15) is 18.9 Å². The lowest BCUT2D eigenvalue weighted by Gasteiger charge is -2.19. The van der Waals surface area contributed by atoms with E-state index in [0.29, 0.717) is 18.0 Å². The minimum atomic E-state index is -3.32. The summed E-state index contributed by atoms with van der Waals surface area (Å²) < 4.78 is 26.6. The summed E-state index contributed by atoms with van der Waals surface area (Å²) in [5.74, 6) is 0. The first kappa shape index (κ1) is 16.4. The van der Waals surface area contributed by atoms with Gasteiger partial charge in [-0.3, -0.25) is 0 Å². The van der Waals surface area contributed by atoms with Gasteiger partial charge in [0.2, 0.25) is 10.0 Å². The molecule has 1 fully saturated rings. The molecule has 0 aromatic heterocycles. The lowest BCUT2D eigenvalue weighted by atomic mass is 10.2. The lowest BCUT2D eigenvalue weighted by molar-refractivity contribution is 0.432. The van der Waals surface area contributed by atoms with Gasteiger partial charge < -0.3 is 5.32 Å². The van der Waals surface area contributed by atoms with E-state index in [2.05, 4.69) is 5.32 Å². The highest BCUT2D eigenvalue weighted by molar-refractivity contribution is 7.89. The zero-order valence-corrected chi connectivity index (χ0v) is 12.8. The maximum absolute atomic E-state index is 12.5. The Bertz CT molecular complexity index is 497. The Morgan fingerprint density at radius 1 is 1.26 bits per heavy atom. The fourth-order valence-corrected chi connectivity index (χ4v) is 3.69. The summed E-state index contributed by atoms with van der Waals surface area (Å²) in [6, 6.07) is 7.26. The predicted octanol–water partition coefficient (Wildman–Crippen LogP) is 1.65. The summed E-state index contributed by atoms with van der Waals surface area (Å²) >= 11 is 0. The van der Waals surface area contributed by atoms with Crippen LogP contribution in [0.4, 0.5) is 0 Å². The van der Waals surface area contributed by atoms with Crippen LogP contribution < -0.4 is 5.32 Å². The summed E-state index contributed by atoms with van der Waals surface area (Å²) in [5.41, 5.74) is 1.06. The summed E-state index contributed by atoms with van der Waals surface area (Å²) in [4.78, 5) is 0.420. The van der Waals surface area contributed by atoms with Gasteiger partial charge in [-0.2, -0.15) is 4.31 Å². The van der Waals surface area contributed by atoms with Crippen LogP contribution in [0.5, 0.6) is 0 Å². The molecule has 0 radical (unpaired) electrons. The molecule has 108 valence electrons. The molecule has 2 rings (SSSR count). The van der Waals surface area contributed by atoms with Crippen LogP contribution in [0.3, 0.4) is 0 Å². The second kappa shape index (κ2) is 7.24. The van der Waals surface area contributed by atoms with Crippen molar-refractivity contribution in [2.24, 2.45) is 0 Å². The van der Waals surface area contributed by atoms with Gasteiger partial charge >= 0.3 is 0 Å². The van der Waals surface area contributed by atoms with Crippen LogP contribution in [0.2, 0.25) is 0 Å². The van der Waals surface area contributed by atoms with Crippen LogP contribution in [-0.4, -0.2) is 38.9 Å². The second-order valence-electron chi connectivity index (χ2n) is 4.51. The van der Waals surface area contributed by atoms with Gasteiger partial charge in [0.15, 0.2) is 0 Å². The normalized spacial score (nSPS) is 17.5. The number of hydrogen-bond donors (Lipinski definition) is 1. The van der Waals surface area contributed by atoms with Crippen LogP contribution in [-0.2, 0) is 16.4 Å².